The van der Waals surface area contributed by atoms with Crippen molar-refractivity contribution in [3.63, 3.8) is 0 Å². The Hall–Kier alpha value is -2.79. The molecule has 2 aromatic rings. The van der Waals surface area contributed by atoms with E-state index in [4.69, 9.17) is 0 Å². The van der Waals surface area contributed by atoms with E-state index in [0.29, 0.717) is 12.2 Å². The third-order valence-corrected chi connectivity index (χ3v) is 4.90. The number of hydrogen-bond donors (Lipinski definition) is 1. The zero-order valence-electron chi connectivity index (χ0n) is 15.6. The summed E-state index contributed by atoms with van der Waals surface area (Å²) in [6.07, 6.45) is -2.73. The van der Waals surface area contributed by atoms with Crippen LogP contribution in [0, 0.1) is 11.3 Å². The molecule has 0 bridgehead atoms. The highest BCUT2D eigenvalue weighted by Crippen LogP contribution is 2.31. The van der Waals surface area contributed by atoms with Crippen LogP contribution < -0.4 is 10.2 Å². The van der Waals surface area contributed by atoms with E-state index in [0.717, 1.165) is 56.2 Å². The number of nitriles is 1. The van der Waals surface area contributed by atoms with Gasteiger partial charge in [-0.15, -0.1) is 0 Å². The van der Waals surface area contributed by atoms with Gasteiger partial charge in [-0.25, -0.2) is 4.98 Å². The minimum atomic E-state index is -4.47. The normalized spacial score (nSPS) is 15.3. The highest BCUT2D eigenvalue weighted by Gasteiger charge is 2.31. The van der Waals surface area contributed by atoms with Gasteiger partial charge in [0.2, 0.25) is 0 Å². The number of hydrogen-bond acceptors (Lipinski definition) is 5. The molecule has 0 amide bonds. The van der Waals surface area contributed by atoms with Crippen molar-refractivity contribution >= 4 is 11.5 Å². The van der Waals surface area contributed by atoms with Gasteiger partial charge in [0, 0.05) is 38.9 Å². The van der Waals surface area contributed by atoms with E-state index >= 15 is 0 Å². The molecule has 1 aliphatic rings. The van der Waals surface area contributed by atoms with Crippen LogP contribution in [0.2, 0.25) is 0 Å². The maximum atomic E-state index is 12.8. The summed E-state index contributed by atoms with van der Waals surface area (Å²) in [4.78, 5) is 9.06. The molecular formula is C20H22F3N5. The SMILES string of the molecule is CCN1CCN(c2cc(CNc3ccc(C(F)(F)F)cc3C#N)ccn2)CC1. The maximum Gasteiger partial charge on any atom is 0.416 e. The van der Waals surface area contributed by atoms with Crippen molar-refractivity contribution < 1.29 is 13.2 Å². The highest BCUT2D eigenvalue weighted by molar-refractivity contribution is 5.59. The van der Waals surface area contributed by atoms with Gasteiger partial charge in [0.25, 0.3) is 0 Å². The Morgan fingerprint density at radius 1 is 1.14 bits per heavy atom. The Morgan fingerprint density at radius 3 is 2.54 bits per heavy atom. The second-order valence-corrected chi connectivity index (χ2v) is 6.67. The molecule has 5 nitrogen and oxygen atoms in total. The molecule has 0 atom stereocenters. The van der Waals surface area contributed by atoms with Crippen LogP contribution in [0.4, 0.5) is 24.7 Å². The fourth-order valence-electron chi connectivity index (χ4n) is 3.20. The molecule has 28 heavy (non-hydrogen) atoms. The van der Waals surface area contributed by atoms with Crippen molar-refractivity contribution in [2.45, 2.75) is 19.6 Å². The fourth-order valence-corrected chi connectivity index (χ4v) is 3.20. The Morgan fingerprint density at radius 2 is 1.89 bits per heavy atom. The van der Waals surface area contributed by atoms with E-state index in [1.54, 1.807) is 6.20 Å². The van der Waals surface area contributed by atoms with Crippen LogP contribution >= 0.6 is 0 Å². The van der Waals surface area contributed by atoms with Gasteiger partial charge in [0.1, 0.15) is 11.9 Å². The third kappa shape index (κ3) is 4.73. The van der Waals surface area contributed by atoms with Gasteiger partial charge in [-0.3, -0.25) is 0 Å². The summed E-state index contributed by atoms with van der Waals surface area (Å²) >= 11 is 0. The summed E-state index contributed by atoms with van der Waals surface area (Å²) in [5.41, 5.74) is 0.476. The molecule has 3 rings (SSSR count). The smallest absolute Gasteiger partial charge is 0.380 e. The third-order valence-electron chi connectivity index (χ3n) is 4.90. The summed E-state index contributed by atoms with van der Waals surface area (Å²) in [5, 5.41) is 12.2. The molecule has 1 aliphatic heterocycles. The first-order chi connectivity index (χ1) is 13.4. The molecule has 148 valence electrons. The van der Waals surface area contributed by atoms with Crippen molar-refractivity contribution in [1.82, 2.24) is 9.88 Å². The predicted molar refractivity (Wildman–Crippen MR) is 102 cm³/mol. The summed E-state index contributed by atoms with van der Waals surface area (Å²) in [6.45, 7) is 7.40. The van der Waals surface area contributed by atoms with Crippen LogP contribution in [0.5, 0.6) is 0 Å². The first-order valence-electron chi connectivity index (χ1n) is 9.18. The topological polar surface area (TPSA) is 55.2 Å². The predicted octanol–water partition coefficient (Wildman–Crippen LogP) is 3.73. The number of nitrogens with one attached hydrogen (secondary N) is 1. The maximum absolute atomic E-state index is 12.8. The molecule has 1 aromatic heterocycles. The zero-order chi connectivity index (χ0) is 20.1. The molecule has 0 unspecified atom stereocenters. The van der Waals surface area contributed by atoms with Gasteiger partial charge >= 0.3 is 6.18 Å². The van der Waals surface area contributed by atoms with Crippen molar-refractivity contribution in [2.75, 3.05) is 42.9 Å². The van der Waals surface area contributed by atoms with Crippen LogP contribution in [-0.2, 0) is 12.7 Å². The van der Waals surface area contributed by atoms with E-state index in [1.165, 1.54) is 6.07 Å². The van der Waals surface area contributed by atoms with Crippen LogP contribution in [0.25, 0.3) is 0 Å². The fraction of sp³-hybridized carbons (Fsp3) is 0.400. The first kappa shape index (κ1) is 20.0. The first-order valence-corrected chi connectivity index (χ1v) is 9.18. The number of pyridine rings is 1. The van der Waals surface area contributed by atoms with Gasteiger partial charge in [-0.05, 0) is 42.4 Å². The summed E-state index contributed by atoms with van der Waals surface area (Å²) in [5.74, 6) is 0.892. The lowest BCUT2D eigenvalue weighted by Gasteiger charge is -2.34. The standard InChI is InChI=1S/C20H22F3N5/c1-2-27-7-9-28(10-8-27)19-11-15(5-6-25-19)14-26-18-4-3-17(20(21,22)23)12-16(18)13-24/h3-6,11-12,26H,2,7-10,14H2,1H3. The molecule has 1 fully saturated rings. The number of aromatic nitrogens is 1. The largest absolute Gasteiger partial charge is 0.416 e. The Labute approximate surface area is 162 Å². The number of anilines is 2. The molecule has 1 aromatic carbocycles. The van der Waals surface area contributed by atoms with Crippen LogP contribution in [0.1, 0.15) is 23.6 Å². The molecule has 0 aliphatic carbocycles. The second kappa shape index (κ2) is 8.48. The van der Waals surface area contributed by atoms with Crippen LogP contribution in [-0.4, -0.2) is 42.6 Å². The van der Waals surface area contributed by atoms with Gasteiger partial charge in [0.15, 0.2) is 0 Å². The minimum Gasteiger partial charge on any atom is -0.380 e. The van der Waals surface area contributed by atoms with Gasteiger partial charge in [-0.2, -0.15) is 18.4 Å². The number of piperazine rings is 1. The molecule has 1 saturated heterocycles. The Bertz CT molecular complexity index is 852. The van der Waals surface area contributed by atoms with Crippen LogP contribution in [0.15, 0.2) is 36.5 Å². The van der Waals surface area contributed by atoms with Crippen molar-refractivity contribution in [1.29, 1.82) is 5.26 Å². The molecule has 8 heteroatoms. The van der Waals surface area contributed by atoms with Crippen molar-refractivity contribution in [3.8, 4) is 6.07 Å². The van der Waals surface area contributed by atoms with Gasteiger partial charge in [-0.1, -0.05) is 6.92 Å². The molecule has 0 spiro atoms. The molecule has 2 heterocycles. The van der Waals surface area contributed by atoms with Crippen molar-refractivity contribution in [3.05, 3.63) is 53.2 Å². The molecule has 1 N–H and O–H groups in total. The van der Waals surface area contributed by atoms with E-state index in [9.17, 15) is 18.4 Å². The monoisotopic (exact) mass is 389 g/mol. The van der Waals surface area contributed by atoms with Crippen LogP contribution in [0.3, 0.4) is 0 Å². The lowest BCUT2D eigenvalue weighted by atomic mass is 10.1. The van der Waals surface area contributed by atoms with E-state index < -0.39 is 11.7 Å². The second-order valence-electron chi connectivity index (χ2n) is 6.67. The molecule has 0 radical (unpaired) electrons. The number of rotatable bonds is 5. The quantitative estimate of drug-likeness (QED) is 0.845. The lowest BCUT2D eigenvalue weighted by molar-refractivity contribution is -0.137. The number of halogens is 3. The number of likely N-dealkylation sites (N-methyl/N-ethyl adjacent to an activating group) is 1. The Balaban J connectivity index is 1.68. The van der Waals surface area contributed by atoms with E-state index in [2.05, 4.69) is 27.0 Å². The molecular weight excluding hydrogens is 367 g/mol. The number of benzene rings is 1. The average Bonchev–Trinajstić information content (AvgIpc) is 2.71. The summed E-state index contributed by atoms with van der Waals surface area (Å²) in [7, 11) is 0. The average molecular weight is 389 g/mol. The van der Waals surface area contributed by atoms with E-state index in [1.807, 2.05) is 18.2 Å². The van der Waals surface area contributed by atoms with Gasteiger partial charge < -0.3 is 15.1 Å². The van der Waals surface area contributed by atoms with Gasteiger partial charge in [0.05, 0.1) is 16.8 Å². The number of alkyl halides is 3. The lowest BCUT2D eigenvalue weighted by Crippen LogP contribution is -2.46. The minimum absolute atomic E-state index is 0.0280. The highest BCUT2D eigenvalue weighted by atomic mass is 19.4. The summed E-state index contributed by atoms with van der Waals surface area (Å²) < 4.78 is 38.4. The van der Waals surface area contributed by atoms with Crippen molar-refractivity contribution in [2.24, 2.45) is 0 Å². The zero-order valence-corrected chi connectivity index (χ0v) is 15.6. The number of nitrogens with zero attached hydrogens (tertiary/aromatic N) is 4. The van der Waals surface area contributed by atoms with E-state index in [-0.39, 0.29) is 5.56 Å². The summed E-state index contributed by atoms with van der Waals surface area (Å²) in [6, 6.07) is 8.81. The Kier molecular flexibility index (Phi) is 6.05. The molecule has 0 saturated carbocycles.